The van der Waals surface area contributed by atoms with Crippen LogP contribution in [-0.4, -0.2) is 18.6 Å². The molecule has 0 atom stereocenters. The van der Waals surface area contributed by atoms with Crippen molar-refractivity contribution in [2.45, 2.75) is 20.0 Å². The molecule has 1 amide bonds. The van der Waals surface area contributed by atoms with Gasteiger partial charge in [0.1, 0.15) is 11.5 Å². The van der Waals surface area contributed by atoms with E-state index in [9.17, 15) is 4.79 Å². The van der Waals surface area contributed by atoms with Gasteiger partial charge >= 0.3 is 0 Å². The summed E-state index contributed by atoms with van der Waals surface area (Å²) in [5.41, 5.74) is 4.95. The fourth-order valence-electron chi connectivity index (χ4n) is 1.04. The second kappa shape index (κ2) is 5.24. The van der Waals surface area contributed by atoms with E-state index >= 15 is 0 Å². The van der Waals surface area contributed by atoms with Crippen molar-refractivity contribution < 1.29 is 14.3 Å². The van der Waals surface area contributed by atoms with E-state index in [4.69, 9.17) is 15.2 Å². The Hall–Kier alpha value is -1.71. The van der Waals surface area contributed by atoms with Crippen molar-refractivity contribution in [2.75, 3.05) is 6.61 Å². The Bertz CT molecular complexity index is 319. The summed E-state index contributed by atoms with van der Waals surface area (Å²) in [4.78, 5) is 10.5. The van der Waals surface area contributed by atoms with Crippen molar-refractivity contribution in [3.63, 3.8) is 0 Å². The molecule has 0 unspecified atom stereocenters. The normalized spacial score (nSPS) is 10.1. The number of ether oxygens (including phenoxy) is 2. The van der Waals surface area contributed by atoms with Gasteiger partial charge in [0.15, 0.2) is 6.61 Å². The highest BCUT2D eigenvalue weighted by atomic mass is 16.5. The Labute approximate surface area is 89.0 Å². The lowest BCUT2D eigenvalue weighted by atomic mass is 10.3. The van der Waals surface area contributed by atoms with Crippen LogP contribution in [0.2, 0.25) is 0 Å². The van der Waals surface area contributed by atoms with Crippen LogP contribution in [0.25, 0.3) is 0 Å². The van der Waals surface area contributed by atoms with Crippen molar-refractivity contribution in [3.8, 4) is 11.5 Å². The molecule has 0 aliphatic carbocycles. The molecule has 4 heteroatoms. The highest BCUT2D eigenvalue weighted by molar-refractivity contribution is 5.75. The summed E-state index contributed by atoms with van der Waals surface area (Å²) >= 11 is 0. The fourth-order valence-corrected chi connectivity index (χ4v) is 1.04. The summed E-state index contributed by atoms with van der Waals surface area (Å²) in [5, 5.41) is 0. The first kappa shape index (κ1) is 11.4. The first-order valence-corrected chi connectivity index (χ1v) is 4.76. The van der Waals surface area contributed by atoms with Gasteiger partial charge in [-0.3, -0.25) is 4.79 Å². The van der Waals surface area contributed by atoms with E-state index in [-0.39, 0.29) is 12.7 Å². The van der Waals surface area contributed by atoms with E-state index < -0.39 is 5.91 Å². The van der Waals surface area contributed by atoms with Crippen molar-refractivity contribution in [1.82, 2.24) is 0 Å². The molecule has 0 bridgehead atoms. The SMILES string of the molecule is CC(C)Oc1ccc(OCC(N)=O)cc1. The maximum absolute atomic E-state index is 10.5. The minimum atomic E-state index is -0.488. The second-order valence-electron chi connectivity index (χ2n) is 3.39. The smallest absolute Gasteiger partial charge is 0.255 e. The zero-order valence-electron chi connectivity index (χ0n) is 8.90. The number of carbonyl (C=O) groups is 1. The lowest BCUT2D eigenvalue weighted by molar-refractivity contribution is -0.119. The van der Waals surface area contributed by atoms with E-state index in [0.29, 0.717) is 5.75 Å². The number of hydrogen-bond acceptors (Lipinski definition) is 3. The minimum absolute atomic E-state index is 0.107. The molecule has 0 aliphatic heterocycles. The van der Waals surface area contributed by atoms with E-state index in [2.05, 4.69) is 0 Å². The molecular formula is C11H15NO3. The largest absolute Gasteiger partial charge is 0.491 e. The monoisotopic (exact) mass is 209 g/mol. The Morgan fingerprint density at radius 3 is 2.27 bits per heavy atom. The van der Waals surface area contributed by atoms with Gasteiger partial charge in [0.25, 0.3) is 5.91 Å². The number of primary amides is 1. The predicted molar refractivity (Wildman–Crippen MR) is 56.9 cm³/mol. The summed E-state index contributed by atoms with van der Waals surface area (Å²) in [6, 6.07) is 7.05. The number of carbonyl (C=O) groups excluding carboxylic acids is 1. The Morgan fingerprint density at radius 2 is 1.80 bits per heavy atom. The van der Waals surface area contributed by atoms with Crippen LogP contribution in [0.3, 0.4) is 0 Å². The molecule has 1 aromatic rings. The van der Waals surface area contributed by atoms with Gasteiger partial charge in [0.05, 0.1) is 6.10 Å². The minimum Gasteiger partial charge on any atom is -0.491 e. The molecule has 0 aliphatic rings. The van der Waals surface area contributed by atoms with Crippen LogP contribution in [0.15, 0.2) is 24.3 Å². The summed E-state index contributed by atoms with van der Waals surface area (Å²) < 4.78 is 10.5. The van der Waals surface area contributed by atoms with E-state index in [1.165, 1.54) is 0 Å². The molecule has 0 heterocycles. The van der Waals surface area contributed by atoms with Crippen LogP contribution in [0.1, 0.15) is 13.8 Å². The van der Waals surface area contributed by atoms with Gasteiger partial charge in [-0.1, -0.05) is 0 Å². The maximum atomic E-state index is 10.5. The van der Waals surface area contributed by atoms with Crippen LogP contribution >= 0.6 is 0 Å². The molecule has 0 saturated carbocycles. The molecule has 0 radical (unpaired) electrons. The standard InChI is InChI=1S/C11H15NO3/c1-8(2)15-10-5-3-9(4-6-10)14-7-11(12)13/h3-6,8H,7H2,1-2H3,(H2,12,13). The molecule has 0 saturated heterocycles. The molecule has 0 aromatic heterocycles. The van der Waals surface area contributed by atoms with Gasteiger partial charge in [0.2, 0.25) is 0 Å². The topological polar surface area (TPSA) is 61.6 Å². The van der Waals surface area contributed by atoms with Gasteiger partial charge in [0, 0.05) is 0 Å². The Balaban J connectivity index is 2.52. The van der Waals surface area contributed by atoms with Crippen LogP contribution in [0.5, 0.6) is 11.5 Å². The molecular weight excluding hydrogens is 194 g/mol. The third-order valence-corrected chi connectivity index (χ3v) is 1.58. The molecule has 2 N–H and O–H groups in total. The van der Waals surface area contributed by atoms with Crippen molar-refractivity contribution in [3.05, 3.63) is 24.3 Å². The Kier molecular flexibility index (Phi) is 3.97. The highest BCUT2D eigenvalue weighted by Gasteiger charge is 1.99. The molecule has 0 spiro atoms. The zero-order valence-corrected chi connectivity index (χ0v) is 8.90. The van der Waals surface area contributed by atoms with Gasteiger partial charge in [-0.25, -0.2) is 0 Å². The number of rotatable bonds is 5. The third-order valence-electron chi connectivity index (χ3n) is 1.58. The van der Waals surface area contributed by atoms with Gasteiger partial charge < -0.3 is 15.2 Å². The van der Waals surface area contributed by atoms with Gasteiger partial charge in [-0.2, -0.15) is 0 Å². The molecule has 82 valence electrons. The molecule has 15 heavy (non-hydrogen) atoms. The van der Waals surface area contributed by atoms with Gasteiger partial charge in [-0.15, -0.1) is 0 Å². The van der Waals surface area contributed by atoms with Crippen molar-refractivity contribution in [2.24, 2.45) is 5.73 Å². The molecule has 1 rings (SSSR count). The lowest BCUT2D eigenvalue weighted by Gasteiger charge is -2.10. The van der Waals surface area contributed by atoms with Crippen LogP contribution in [-0.2, 0) is 4.79 Å². The fraction of sp³-hybridized carbons (Fsp3) is 0.364. The van der Waals surface area contributed by atoms with Crippen LogP contribution in [0.4, 0.5) is 0 Å². The third kappa shape index (κ3) is 4.35. The summed E-state index contributed by atoms with van der Waals surface area (Å²) in [6.07, 6.45) is 0.141. The molecule has 1 aromatic carbocycles. The van der Waals surface area contributed by atoms with Crippen molar-refractivity contribution >= 4 is 5.91 Å². The maximum Gasteiger partial charge on any atom is 0.255 e. The van der Waals surface area contributed by atoms with Gasteiger partial charge in [-0.05, 0) is 38.1 Å². The lowest BCUT2D eigenvalue weighted by Crippen LogP contribution is -2.19. The number of nitrogens with two attached hydrogens (primary N) is 1. The second-order valence-corrected chi connectivity index (χ2v) is 3.39. The van der Waals surface area contributed by atoms with Crippen molar-refractivity contribution in [1.29, 1.82) is 0 Å². The first-order valence-electron chi connectivity index (χ1n) is 4.76. The highest BCUT2D eigenvalue weighted by Crippen LogP contribution is 2.18. The average molecular weight is 209 g/mol. The molecule has 4 nitrogen and oxygen atoms in total. The van der Waals surface area contributed by atoms with Crippen LogP contribution in [0, 0.1) is 0 Å². The van der Waals surface area contributed by atoms with E-state index in [0.717, 1.165) is 5.75 Å². The summed E-state index contributed by atoms with van der Waals surface area (Å²) in [5.74, 6) is 0.888. The summed E-state index contributed by atoms with van der Waals surface area (Å²) in [7, 11) is 0. The average Bonchev–Trinajstić information content (AvgIpc) is 2.16. The number of hydrogen-bond donors (Lipinski definition) is 1. The molecule has 0 fully saturated rings. The Morgan fingerprint density at radius 1 is 1.27 bits per heavy atom. The zero-order chi connectivity index (χ0) is 11.3. The predicted octanol–water partition coefficient (Wildman–Crippen LogP) is 1.34. The number of benzene rings is 1. The quantitative estimate of drug-likeness (QED) is 0.796. The number of amides is 1. The van der Waals surface area contributed by atoms with Crippen LogP contribution < -0.4 is 15.2 Å². The van der Waals surface area contributed by atoms with E-state index in [1.807, 2.05) is 13.8 Å². The van der Waals surface area contributed by atoms with E-state index in [1.54, 1.807) is 24.3 Å². The summed E-state index contributed by atoms with van der Waals surface area (Å²) in [6.45, 7) is 3.80. The first-order chi connectivity index (χ1) is 7.08.